The number of ether oxygens (including phenoxy) is 1. The van der Waals surface area contributed by atoms with Crippen molar-refractivity contribution in [3.05, 3.63) is 42.5 Å². The van der Waals surface area contributed by atoms with Crippen molar-refractivity contribution in [2.45, 2.75) is 20.3 Å². The van der Waals surface area contributed by atoms with E-state index >= 15 is 0 Å². The van der Waals surface area contributed by atoms with E-state index in [4.69, 9.17) is 17.0 Å². The molecule has 4 nitrogen and oxygen atoms in total. The van der Waals surface area contributed by atoms with E-state index in [1.807, 2.05) is 24.3 Å². The van der Waals surface area contributed by atoms with Gasteiger partial charge < -0.3 is 10.1 Å². The summed E-state index contributed by atoms with van der Waals surface area (Å²) >= 11 is 5.02. The van der Waals surface area contributed by atoms with Gasteiger partial charge in [0.1, 0.15) is 5.75 Å². The highest BCUT2D eigenvalue weighted by atomic mass is 32.1. The lowest BCUT2D eigenvalue weighted by molar-refractivity contribution is 0.289. The van der Waals surface area contributed by atoms with E-state index in [0.29, 0.717) is 17.6 Å². The summed E-state index contributed by atoms with van der Waals surface area (Å²) in [6, 6.07) is 7.79. The third-order valence-electron chi connectivity index (χ3n) is 2.63. The van der Waals surface area contributed by atoms with Crippen molar-refractivity contribution in [2.75, 3.05) is 13.2 Å². The summed E-state index contributed by atoms with van der Waals surface area (Å²) in [4.78, 5) is 0. The van der Waals surface area contributed by atoms with Gasteiger partial charge in [-0.1, -0.05) is 19.9 Å². The number of nitrogens with zero attached hydrogens (tertiary/aromatic N) is 1. The molecule has 0 unspecified atom stereocenters. The van der Waals surface area contributed by atoms with Crippen molar-refractivity contribution in [1.82, 2.24) is 10.7 Å². The Labute approximate surface area is 132 Å². The van der Waals surface area contributed by atoms with Gasteiger partial charge >= 0.3 is 0 Å². The van der Waals surface area contributed by atoms with Gasteiger partial charge in [0.15, 0.2) is 5.11 Å². The van der Waals surface area contributed by atoms with Crippen molar-refractivity contribution >= 4 is 23.5 Å². The van der Waals surface area contributed by atoms with E-state index < -0.39 is 0 Å². The Balaban J connectivity index is 2.36. The van der Waals surface area contributed by atoms with Crippen molar-refractivity contribution in [1.29, 1.82) is 0 Å². The van der Waals surface area contributed by atoms with Crippen LogP contribution >= 0.6 is 12.2 Å². The topological polar surface area (TPSA) is 45.7 Å². The van der Waals surface area contributed by atoms with Crippen molar-refractivity contribution in [2.24, 2.45) is 11.0 Å². The third-order valence-corrected chi connectivity index (χ3v) is 2.87. The molecule has 114 valence electrons. The summed E-state index contributed by atoms with van der Waals surface area (Å²) in [5.74, 6) is 1.53. The molecule has 21 heavy (non-hydrogen) atoms. The van der Waals surface area contributed by atoms with Crippen molar-refractivity contribution in [3.8, 4) is 5.75 Å². The van der Waals surface area contributed by atoms with Crippen LogP contribution in [0.15, 0.2) is 42.0 Å². The molecule has 0 spiro atoms. The molecule has 0 saturated heterocycles. The average molecular weight is 305 g/mol. The number of rotatable bonds is 8. The maximum Gasteiger partial charge on any atom is 0.187 e. The van der Waals surface area contributed by atoms with Crippen LogP contribution in [0, 0.1) is 5.92 Å². The summed E-state index contributed by atoms with van der Waals surface area (Å²) in [7, 11) is 0. The quantitative estimate of drug-likeness (QED) is 0.335. The molecule has 0 aliphatic rings. The van der Waals surface area contributed by atoms with Gasteiger partial charge in [-0.2, -0.15) is 5.10 Å². The van der Waals surface area contributed by atoms with E-state index in [-0.39, 0.29) is 0 Å². The molecule has 0 radical (unpaired) electrons. The number of hydrazone groups is 1. The summed E-state index contributed by atoms with van der Waals surface area (Å²) in [6.07, 6.45) is 4.50. The highest BCUT2D eigenvalue weighted by molar-refractivity contribution is 7.80. The van der Waals surface area contributed by atoms with Crippen LogP contribution in [0.5, 0.6) is 5.75 Å². The molecule has 0 atom stereocenters. The van der Waals surface area contributed by atoms with E-state index in [9.17, 15) is 0 Å². The van der Waals surface area contributed by atoms with Crippen LogP contribution in [0.3, 0.4) is 0 Å². The molecule has 0 aliphatic carbocycles. The maximum absolute atomic E-state index is 5.66. The molecule has 1 aromatic rings. The zero-order chi connectivity index (χ0) is 15.5. The Kier molecular flexibility index (Phi) is 8.12. The highest BCUT2D eigenvalue weighted by Gasteiger charge is 1.97. The average Bonchev–Trinajstić information content (AvgIpc) is 2.46. The first-order chi connectivity index (χ1) is 10.1. The zero-order valence-corrected chi connectivity index (χ0v) is 13.5. The van der Waals surface area contributed by atoms with Crippen LogP contribution in [-0.2, 0) is 0 Å². The molecule has 0 bridgehead atoms. The molecule has 1 rings (SSSR count). The lowest BCUT2D eigenvalue weighted by Gasteiger charge is -2.08. The molecule has 0 saturated carbocycles. The van der Waals surface area contributed by atoms with Crippen LogP contribution in [0.25, 0.3) is 0 Å². The Bertz CT molecular complexity index is 469. The van der Waals surface area contributed by atoms with Gasteiger partial charge in [0.25, 0.3) is 0 Å². The number of hydrogen-bond donors (Lipinski definition) is 2. The van der Waals surface area contributed by atoms with Crippen LogP contribution in [0.1, 0.15) is 25.8 Å². The molecule has 0 heterocycles. The van der Waals surface area contributed by atoms with Crippen molar-refractivity contribution < 1.29 is 4.74 Å². The summed E-state index contributed by atoms with van der Waals surface area (Å²) in [5.41, 5.74) is 3.72. The Morgan fingerprint density at radius 1 is 1.38 bits per heavy atom. The molecular formula is C16H23N3OS. The fraction of sp³-hybridized carbons (Fsp3) is 0.375. The smallest absolute Gasteiger partial charge is 0.187 e. The largest absolute Gasteiger partial charge is 0.494 e. The SMILES string of the molecule is C=CCNC(=S)NN=Cc1ccc(OCCC(C)C)cc1. The first kappa shape index (κ1) is 17.2. The second-order valence-electron chi connectivity index (χ2n) is 4.97. The molecule has 0 amide bonds. The van der Waals surface area contributed by atoms with Crippen molar-refractivity contribution in [3.63, 3.8) is 0 Å². The number of hydrogen-bond acceptors (Lipinski definition) is 3. The number of benzene rings is 1. The van der Waals surface area contributed by atoms with Gasteiger partial charge in [-0.05, 0) is 54.4 Å². The minimum Gasteiger partial charge on any atom is -0.494 e. The van der Waals surface area contributed by atoms with Crippen LogP contribution in [-0.4, -0.2) is 24.5 Å². The Hall–Kier alpha value is -1.88. The molecule has 1 aromatic carbocycles. The van der Waals surface area contributed by atoms with Gasteiger partial charge in [0.2, 0.25) is 0 Å². The van der Waals surface area contributed by atoms with Gasteiger partial charge in [-0.25, -0.2) is 0 Å². The second-order valence-corrected chi connectivity index (χ2v) is 5.38. The normalized spacial score (nSPS) is 10.6. The first-order valence-corrected chi connectivity index (χ1v) is 7.43. The van der Waals surface area contributed by atoms with Gasteiger partial charge in [0.05, 0.1) is 12.8 Å². The van der Waals surface area contributed by atoms with E-state index in [1.54, 1.807) is 12.3 Å². The summed E-state index contributed by atoms with van der Waals surface area (Å²) < 4.78 is 5.66. The summed E-state index contributed by atoms with van der Waals surface area (Å²) in [5, 5.41) is 7.46. The van der Waals surface area contributed by atoms with Gasteiger partial charge in [0, 0.05) is 6.54 Å². The van der Waals surface area contributed by atoms with Crippen LogP contribution in [0.4, 0.5) is 0 Å². The fourth-order valence-corrected chi connectivity index (χ4v) is 1.57. The van der Waals surface area contributed by atoms with Gasteiger partial charge in [-0.3, -0.25) is 5.43 Å². The minimum atomic E-state index is 0.472. The number of thiocarbonyl (C=S) groups is 1. The maximum atomic E-state index is 5.66. The van der Waals surface area contributed by atoms with Crippen LogP contribution in [0.2, 0.25) is 0 Å². The standard InChI is InChI=1S/C16H23N3OS/c1-4-10-17-16(21)19-18-12-14-5-7-15(8-6-14)20-11-9-13(2)3/h4-8,12-13H,1,9-11H2,2-3H3,(H2,17,19,21). The first-order valence-electron chi connectivity index (χ1n) is 7.02. The zero-order valence-electron chi connectivity index (χ0n) is 12.6. The summed E-state index contributed by atoms with van der Waals surface area (Å²) in [6.45, 7) is 9.33. The monoisotopic (exact) mass is 305 g/mol. The molecule has 5 heteroatoms. The molecule has 0 aliphatic heterocycles. The number of nitrogens with one attached hydrogen (secondary N) is 2. The fourth-order valence-electron chi connectivity index (χ4n) is 1.43. The molecular weight excluding hydrogens is 282 g/mol. The van der Waals surface area contributed by atoms with Gasteiger partial charge in [-0.15, -0.1) is 6.58 Å². The Morgan fingerprint density at radius 3 is 2.71 bits per heavy atom. The Morgan fingerprint density at radius 2 is 2.10 bits per heavy atom. The highest BCUT2D eigenvalue weighted by Crippen LogP contribution is 2.12. The third kappa shape index (κ3) is 8.09. The van der Waals surface area contributed by atoms with Crippen LogP contribution < -0.4 is 15.5 Å². The predicted octanol–water partition coefficient (Wildman–Crippen LogP) is 3.10. The molecule has 2 N–H and O–H groups in total. The molecule has 0 aromatic heterocycles. The van der Waals surface area contributed by atoms with E-state index in [2.05, 4.69) is 36.3 Å². The van der Waals surface area contributed by atoms with E-state index in [1.165, 1.54) is 0 Å². The lowest BCUT2D eigenvalue weighted by atomic mass is 10.1. The molecule has 0 fully saturated rings. The minimum absolute atomic E-state index is 0.472. The lowest BCUT2D eigenvalue weighted by Crippen LogP contribution is -2.31. The van der Waals surface area contributed by atoms with E-state index in [0.717, 1.165) is 24.3 Å². The second kappa shape index (κ2) is 9.94. The predicted molar refractivity (Wildman–Crippen MR) is 92.9 cm³/mol.